The molecule has 0 aliphatic rings. The first-order valence-corrected chi connectivity index (χ1v) is 24.0. The van der Waals surface area contributed by atoms with Gasteiger partial charge in [0.25, 0.3) is 11.1 Å². The molecule has 0 aliphatic heterocycles. The lowest BCUT2D eigenvalue weighted by Gasteiger charge is -2.04. The van der Waals surface area contributed by atoms with Gasteiger partial charge in [0, 0.05) is 50.8 Å². The standard InChI is InChI=1S/C44H42N4O2S5/c1-3-5-7-9-11-13-15-25-17-21-31(51-25)33-23-29-41(53-33)45-39-27-19-20-28-36-35(27)38(44(50)47(29)39)55-37(36)40-46-42-30(48(40)43(28)49)24-34(54-42)32-22-18-26(52-32)16-14-12-10-8-6-4-2/h17-24H,3-16H2,1-2H3. The van der Waals surface area contributed by atoms with Gasteiger partial charge in [0.2, 0.25) is 0 Å². The summed E-state index contributed by atoms with van der Waals surface area (Å²) >= 11 is 8.49. The molecule has 280 valence electrons. The number of hydrogen-bond donors (Lipinski definition) is 0. The minimum atomic E-state index is -0.0843. The molecule has 0 amide bonds. The molecule has 0 radical (unpaired) electrons. The number of thiophene rings is 5. The van der Waals surface area contributed by atoms with Gasteiger partial charge in [0.05, 0.1) is 15.7 Å². The van der Waals surface area contributed by atoms with Crippen molar-refractivity contribution in [2.45, 2.75) is 104 Å². The van der Waals surface area contributed by atoms with Gasteiger partial charge in [-0.1, -0.05) is 78.1 Å². The summed E-state index contributed by atoms with van der Waals surface area (Å²) in [6, 6.07) is 17.2. The fourth-order valence-corrected chi connectivity index (χ4v) is 13.9. The first-order chi connectivity index (χ1) is 27.0. The van der Waals surface area contributed by atoms with Gasteiger partial charge in [0.15, 0.2) is 5.65 Å². The number of benzene rings is 1. The SMILES string of the molecule is CCCCCCCCc1ccc(-c2cc3c(nc4c5ccc6c(=O)n7c8cc(-c9ccc(CCCCCCCC)s9)sc8nc7c7sc(c(=O)n34)c5c67)s2)s1. The van der Waals surface area contributed by atoms with E-state index in [-0.39, 0.29) is 11.1 Å². The van der Waals surface area contributed by atoms with Crippen LogP contribution in [-0.2, 0) is 12.8 Å². The van der Waals surface area contributed by atoms with Gasteiger partial charge in [-0.2, -0.15) is 0 Å². The number of fused-ring (bicyclic) bond motifs is 8. The number of imidazole rings is 2. The largest absolute Gasteiger partial charge is 0.274 e. The van der Waals surface area contributed by atoms with Crippen LogP contribution < -0.4 is 11.1 Å². The fraction of sp³-hybridized carbons (Fsp3) is 0.364. The van der Waals surface area contributed by atoms with Crippen LogP contribution in [0.2, 0.25) is 0 Å². The van der Waals surface area contributed by atoms with Crippen LogP contribution in [0.25, 0.3) is 82.4 Å². The molecule has 0 atom stereocenters. The number of aryl methyl sites for hydroxylation is 2. The van der Waals surface area contributed by atoms with Crippen molar-refractivity contribution in [2.24, 2.45) is 0 Å². The van der Waals surface area contributed by atoms with E-state index in [1.807, 2.05) is 34.8 Å². The number of pyridine rings is 2. The van der Waals surface area contributed by atoms with Crippen LogP contribution in [-0.4, -0.2) is 18.8 Å². The van der Waals surface area contributed by atoms with Crippen LogP contribution in [0.4, 0.5) is 0 Å². The number of aromatic nitrogens is 4. The van der Waals surface area contributed by atoms with Gasteiger partial charge in [-0.25, -0.2) is 9.97 Å². The van der Waals surface area contributed by atoms with Crippen LogP contribution in [0.15, 0.2) is 58.1 Å². The average Bonchev–Trinajstić information content (AvgIpc) is 4.03. The molecule has 11 heteroatoms. The summed E-state index contributed by atoms with van der Waals surface area (Å²) in [6.07, 6.45) is 17.9. The van der Waals surface area contributed by atoms with Gasteiger partial charge >= 0.3 is 0 Å². The Kier molecular flexibility index (Phi) is 9.49. The predicted octanol–water partition coefficient (Wildman–Crippen LogP) is 13.8. The third kappa shape index (κ3) is 6.04. The molecule has 0 N–H and O–H groups in total. The predicted molar refractivity (Wildman–Crippen MR) is 241 cm³/mol. The normalized spacial score (nSPS) is 12.6. The van der Waals surface area contributed by atoms with E-state index in [1.54, 1.807) is 31.5 Å². The molecule has 0 bridgehead atoms. The molecular formula is C44H42N4O2S5. The Labute approximate surface area is 338 Å². The first kappa shape index (κ1) is 35.7. The van der Waals surface area contributed by atoms with Crippen molar-refractivity contribution in [3.05, 3.63) is 79.0 Å². The topological polar surface area (TPSA) is 68.7 Å². The maximum absolute atomic E-state index is 14.5. The number of nitrogens with zero attached hydrogens (tertiary/aromatic N) is 4. The third-order valence-corrected chi connectivity index (χ3v) is 17.1. The second-order valence-electron chi connectivity index (χ2n) is 15.0. The van der Waals surface area contributed by atoms with E-state index in [2.05, 4.69) is 50.2 Å². The molecule has 55 heavy (non-hydrogen) atoms. The fourth-order valence-electron chi connectivity index (χ4n) is 8.35. The quantitative estimate of drug-likeness (QED) is 0.0719. The van der Waals surface area contributed by atoms with Gasteiger partial charge in [0.1, 0.15) is 20.0 Å². The summed E-state index contributed by atoms with van der Waals surface area (Å²) in [4.78, 5) is 48.3. The van der Waals surface area contributed by atoms with Crippen LogP contribution in [0.5, 0.6) is 0 Å². The van der Waals surface area contributed by atoms with E-state index in [0.717, 1.165) is 64.1 Å². The van der Waals surface area contributed by atoms with Crippen molar-refractivity contribution < 1.29 is 0 Å². The molecule has 6 nitrogen and oxygen atoms in total. The minimum absolute atomic E-state index is 0.0753. The van der Waals surface area contributed by atoms with E-state index in [9.17, 15) is 9.59 Å². The van der Waals surface area contributed by atoms with E-state index in [4.69, 9.17) is 9.97 Å². The molecule has 0 saturated heterocycles. The van der Waals surface area contributed by atoms with Crippen LogP contribution >= 0.6 is 56.7 Å². The Hall–Kier alpha value is -3.74. The summed E-state index contributed by atoms with van der Waals surface area (Å²) in [5.41, 5.74) is 2.84. The van der Waals surface area contributed by atoms with Crippen molar-refractivity contribution in [2.75, 3.05) is 0 Å². The Morgan fingerprint density at radius 2 is 1.00 bits per heavy atom. The lowest BCUT2D eigenvalue weighted by Crippen LogP contribution is -2.13. The van der Waals surface area contributed by atoms with Crippen LogP contribution in [0.1, 0.15) is 101 Å². The molecule has 0 spiro atoms. The van der Waals surface area contributed by atoms with Crippen molar-refractivity contribution in [3.8, 4) is 19.5 Å². The zero-order chi connectivity index (χ0) is 37.2. The van der Waals surface area contributed by atoms with Gasteiger partial charge in [-0.3, -0.25) is 18.4 Å². The monoisotopic (exact) mass is 818 g/mol. The zero-order valence-electron chi connectivity index (χ0n) is 31.2. The molecule has 1 aromatic carbocycles. The second-order valence-corrected chi connectivity index (χ2v) is 20.4. The smallest absolute Gasteiger partial charge is 0.268 e. The van der Waals surface area contributed by atoms with Gasteiger partial charge in [-0.15, -0.1) is 56.7 Å². The van der Waals surface area contributed by atoms with E-state index in [1.165, 1.54) is 108 Å². The molecule has 10 aromatic rings. The summed E-state index contributed by atoms with van der Waals surface area (Å²) in [5.74, 6) is 0. The first-order valence-electron chi connectivity index (χ1n) is 19.9. The summed E-state index contributed by atoms with van der Waals surface area (Å²) in [5, 5.41) is 3.21. The Morgan fingerprint density at radius 1 is 0.491 bits per heavy atom. The summed E-state index contributed by atoms with van der Waals surface area (Å²) in [6.45, 7) is 4.52. The van der Waals surface area contributed by atoms with Crippen LogP contribution in [0.3, 0.4) is 0 Å². The Bertz CT molecular complexity index is 3100. The zero-order valence-corrected chi connectivity index (χ0v) is 35.2. The lowest BCUT2D eigenvalue weighted by molar-refractivity contribution is 0.609. The summed E-state index contributed by atoms with van der Waals surface area (Å²) < 4.78 is 5.13. The average molecular weight is 819 g/mol. The van der Waals surface area contributed by atoms with Crippen molar-refractivity contribution in [1.82, 2.24) is 18.8 Å². The number of hydrogen-bond acceptors (Lipinski definition) is 9. The lowest BCUT2D eigenvalue weighted by atomic mass is 10.0. The van der Waals surface area contributed by atoms with Crippen molar-refractivity contribution in [1.29, 1.82) is 0 Å². The highest BCUT2D eigenvalue weighted by Gasteiger charge is 2.26. The third-order valence-electron chi connectivity index (χ3n) is 11.2. The van der Waals surface area contributed by atoms with E-state index >= 15 is 0 Å². The number of rotatable bonds is 16. The molecule has 0 fully saturated rings. The molecule has 0 saturated carbocycles. The van der Waals surface area contributed by atoms with Gasteiger partial charge in [-0.05, 0) is 74.2 Å². The van der Waals surface area contributed by atoms with E-state index < -0.39 is 0 Å². The maximum atomic E-state index is 14.5. The molecule has 0 aliphatic carbocycles. The molecular weight excluding hydrogens is 777 g/mol. The Morgan fingerprint density at radius 3 is 1.60 bits per heavy atom. The van der Waals surface area contributed by atoms with Crippen molar-refractivity contribution >= 4 is 120 Å². The van der Waals surface area contributed by atoms with Gasteiger partial charge < -0.3 is 0 Å². The second kappa shape index (κ2) is 14.6. The highest BCUT2D eigenvalue weighted by Crippen LogP contribution is 2.45. The van der Waals surface area contributed by atoms with Crippen molar-refractivity contribution in [3.63, 3.8) is 0 Å². The Balaban J connectivity index is 0.993. The maximum Gasteiger partial charge on any atom is 0.274 e. The molecule has 0 unspecified atom stereocenters. The summed E-state index contributed by atoms with van der Waals surface area (Å²) in [7, 11) is 0. The van der Waals surface area contributed by atoms with Crippen LogP contribution in [0, 0.1) is 0 Å². The molecule has 9 aromatic heterocycles. The highest BCUT2D eigenvalue weighted by atomic mass is 32.1. The molecule has 10 rings (SSSR count). The minimum Gasteiger partial charge on any atom is -0.268 e. The number of unbranched alkanes of at least 4 members (excludes halogenated alkanes) is 10. The highest BCUT2D eigenvalue weighted by molar-refractivity contribution is 7.27. The van der Waals surface area contributed by atoms with E-state index in [0.29, 0.717) is 21.4 Å². The molecule has 9 heterocycles.